The van der Waals surface area contributed by atoms with Crippen molar-refractivity contribution in [2.45, 2.75) is 33.2 Å². The van der Waals surface area contributed by atoms with Gasteiger partial charge < -0.3 is 20.0 Å². The van der Waals surface area contributed by atoms with Crippen molar-refractivity contribution in [2.75, 3.05) is 6.54 Å². The number of rotatable bonds is 7. The van der Waals surface area contributed by atoms with Crippen LogP contribution in [0.5, 0.6) is 0 Å². The van der Waals surface area contributed by atoms with E-state index in [1.54, 1.807) is 26.0 Å². The minimum atomic E-state index is -0.427. The van der Waals surface area contributed by atoms with E-state index in [1.807, 2.05) is 6.07 Å². The molecule has 0 spiro atoms. The Kier molecular flexibility index (Phi) is 6.33. The van der Waals surface area contributed by atoms with Gasteiger partial charge in [-0.15, -0.1) is 0 Å². The molecule has 3 N–H and O–H groups in total. The predicted octanol–water partition coefficient (Wildman–Crippen LogP) is 0.822. The summed E-state index contributed by atoms with van der Waals surface area (Å²) in [7, 11) is 0. The van der Waals surface area contributed by atoms with E-state index in [0.29, 0.717) is 23.4 Å². The first kappa shape index (κ1) is 19.0. The van der Waals surface area contributed by atoms with Crippen LogP contribution in [0.3, 0.4) is 0 Å². The summed E-state index contributed by atoms with van der Waals surface area (Å²) < 4.78 is 5.10. The molecule has 0 unspecified atom stereocenters. The van der Waals surface area contributed by atoms with Gasteiger partial charge in [0.2, 0.25) is 11.8 Å². The van der Waals surface area contributed by atoms with Crippen LogP contribution in [0, 0.1) is 25.2 Å². The Morgan fingerprint density at radius 3 is 2.69 bits per heavy atom. The first-order valence-electron chi connectivity index (χ1n) is 8.10. The molecule has 0 radical (unpaired) electrons. The normalized spacial score (nSPS) is 10.2. The maximum Gasteiger partial charge on any atom is 0.266 e. The SMILES string of the molecule is Cc1[nH]c(=O)c(C#N)c(C)c1CCC(=O)NCC(=O)NCc1ccco1. The lowest BCUT2D eigenvalue weighted by Gasteiger charge is -2.11. The summed E-state index contributed by atoms with van der Waals surface area (Å²) >= 11 is 0. The van der Waals surface area contributed by atoms with Crippen LogP contribution in [0.2, 0.25) is 0 Å². The van der Waals surface area contributed by atoms with E-state index in [0.717, 1.165) is 5.56 Å². The molecule has 2 rings (SSSR count). The highest BCUT2D eigenvalue weighted by atomic mass is 16.3. The standard InChI is InChI=1S/C18H20N4O4/c1-11-14(12(2)22-18(25)15(11)8-19)5-6-16(23)21-10-17(24)20-9-13-4-3-7-26-13/h3-4,7H,5-6,9-10H2,1-2H3,(H,20,24)(H,21,23)(H,22,25). The van der Waals surface area contributed by atoms with Gasteiger partial charge in [0.05, 0.1) is 19.4 Å². The summed E-state index contributed by atoms with van der Waals surface area (Å²) in [5, 5.41) is 14.2. The highest BCUT2D eigenvalue weighted by Crippen LogP contribution is 2.14. The zero-order valence-corrected chi connectivity index (χ0v) is 14.6. The smallest absolute Gasteiger partial charge is 0.266 e. The predicted molar refractivity (Wildman–Crippen MR) is 93.1 cm³/mol. The third-order valence-electron chi connectivity index (χ3n) is 4.01. The summed E-state index contributed by atoms with van der Waals surface area (Å²) in [6, 6.07) is 5.34. The zero-order chi connectivity index (χ0) is 19.1. The Morgan fingerprint density at radius 1 is 1.27 bits per heavy atom. The second-order valence-electron chi connectivity index (χ2n) is 5.80. The average Bonchev–Trinajstić information content (AvgIpc) is 3.11. The molecule has 0 aromatic carbocycles. The Morgan fingerprint density at radius 2 is 2.04 bits per heavy atom. The second-order valence-corrected chi connectivity index (χ2v) is 5.80. The fraction of sp³-hybridized carbons (Fsp3) is 0.333. The lowest BCUT2D eigenvalue weighted by Crippen LogP contribution is -2.36. The molecule has 0 bridgehead atoms. The van der Waals surface area contributed by atoms with Crippen LogP contribution in [0.25, 0.3) is 0 Å². The summed E-state index contributed by atoms with van der Waals surface area (Å²) in [6.07, 6.45) is 2.02. The van der Waals surface area contributed by atoms with Crippen molar-refractivity contribution in [3.63, 3.8) is 0 Å². The van der Waals surface area contributed by atoms with Crippen molar-refractivity contribution in [1.29, 1.82) is 5.26 Å². The first-order chi connectivity index (χ1) is 12.4. The largest absolute Gasteiger partial charge is 0.467 e. The number of aromatic nitrogens is 1. The molecule has 2 aromatic heterocycles. The number of nitrogens with one attached hydrogen (secondary N) is 3. The minimum Gasteiger partial charge on any atom is -0.467 e. The highest BCUT2D eigenvalue weighted by Gasteiger charge is 2.13. The molecular weight excluding hydrogens is 336 g/mol. The molecule has 0 saturated carbocycles. The number of aromatic amines is 1. The van der Waals surface area contributed by atoms with Gasteiger partial charge in [-0.3, -0.25) is 14.4 Å². The van der Waals surface area contributed by atoms with Crippen LogP contribution in [0.1, 0.15) is 34.6 Å². The topological polar surface area (TPSA) is 128 Å². The van der Waals surface area contributed by atoms with Gasteiger partial charge >= 0.3 is 0 Å². The molecular formula is C18H20N4O4. The molecule has 136 valence electrons. The van der Waals surface area contributed by atoms with E-state index in [1.165, 1.54) is 6.26 Å². The molecule has 0 fully saturated rings. The molecule has 0 saturated heterocycles. The number of furan rings is 1. The fourth-order valence-corrected chi connectivity index (χ4v) is 2.59. The van der Waals surface area contributed by atoms with Crippen molar-refractivity contribution >= 4 is 11.8 Å². The van der Waals surface area contributed by atoms with Crippen molar-refractivity contribution in [1.82, 2.24) is 15.6 Å². The summed E-state index contributed by atoms with van der Waals surface area (Å²) in [6.45, 7) is 3.54. The van der Waals surface area contributed by atoms with Crippen LogP contribution in [0.4, 0.5) is 0 Å². The van der Waals surface area contributed by atoms with E-state index in [-0.39, 0.29) is 36.9 Å². The lowest BCUT2D eigenvalue weighted by molar-refractivity contribution is -0.126. The summed E-state index contributed by atoms with van der Waals surface area (Å²) in [4.78, 5) is 38.0. The van der Waals surface area contributed by atoms with Gasteiger partial charge in [-0.2, -0.15) is 5.26 Å². The zero-order valence-electron chi connectivity index (χ0n) is 14.6. The van der Waals surface area contributed by atoms with Crippen LogP contribution in [-0.2, 0) is 22.6 Å². The molecule has 0 aliphatic rings. The fourth-order valence-electron chi connectivity index (χ4n) is 2.59. The van der Waals surface area contributed by atoms with Gasteiger partial charge in [0.15, 0.2) is 0 Å². The van der Waals surface area contributed by atoms with Crippen molar-refractivity contribution < 1.29 is 14.0 Å². The van der Waals surface area contributed by atoms with Crippen molar-refractivity contribution in [3.05, 3.63) is 56.9 Å². The van der Waals surface area contributed by atoms with Gasteiger partial charge in [-0.05, 0) is 43.5 Å². The monoisotopic (exact) mass is 356 g/mol. The third-order valence-corrected chi connectivity index (χ3v) is 4.01. The van der Waals surface area contributed by atoms with Crippen molar-refractivity contribution in [2.24, 2.45) is 0 Å². The van der Waals surface area contributed by atoms with E-state index >= 15 is 0 Å². The number of carbonyl (C=O) groups excluding carboxylic acids is 2. The Labute approximate surface area is 150 Å². The van der Waals surface area contributed by atoms with Crippen LogP contribution < -0.4 is 16.2 Å². The van der Waals surface area contributed by atoms with E-state index in [9.17, 15) is 14.4 Å². The van der Waals surface area contributed by atoms with Crippen molar-refractivity contribution in [3.8, 4) is 6.07 Å². The molecule has 8 nitrogen and oxygen atoms in total. The Hall–Kier alpha value is -3.34. The summed E-state index contributed by atoms with van der Waals surface area (Å²) in [5.41, 5.74) is 1.61. The highest BCUT2D eigenvalue weighted by molar-refractivity contribution is 5.84. The molecule has 2 aromatic rings. The van der Waals surface area contributed by atoms with E-state index in [2.05, 4.69) is 15.6 Å². The van der Waals surface area contributed by atoms with Gasteiger partial charge in [0.1, 0.15) is 17.4 Å². The number of hydrogen-bond acceptors (Lipinski definition) is 5. The minimum absolute atomic E-state index is 0.0586. The average molecular weight is 356 g/mol. The number of H-pyrrole nitrogens is 1. The number of nitriles is 1. The molecule has 2 heterocycles. The van der Waals surface area contributed by atoms with Gasteiger partial charge in [-0.1, -0.05) is 0 Å². The molecule has 0 aliphatic heterocycles. The molecule has 0 atom stereocenters. The Bertz CT molecular complexity index is 891. The maximum absolute atomic E-state index is 12.0. The third kappa shape index (κ3) is 4.83. The van der Waals surface area contributed by atoms with Gasteiger partial charge in [-0.25, -0.2) is 0 Å². The van der Waals surface area contributed by atoms with Crippen LogP contribution in [0.15, 0.2) is 27.6 Å². The van der Waals surface area contributed by atoms with Crippen LogP contribution >= 0.6 is 0 Å². The second kappa shape index (κ2) is 8.67. The lowest BCUT2D eigenvalue weighted by atomic mass is 9.99. The molecule has 0 aliphatic carbocycles. The maximum atomic E-state index is 12.0. The quantitative estimate of drug-likeness (QED) is 0.677. The molecule has 26 heavy (non-hydrogen) atoms. The van der Waals surface area contributed by atoms with Gasteiger partial charge in [0.25, 0.3) is 5.56 Å². The number of amides is 2. The first-order valence-corrected chi connectivity index (χ1v) is 8.10. The number of nitrogens with zero attached hydrogens (tertiary/aromatic N) is 1. The number of hydrogen-bond donors (Lipinski definition) is 3. The van der Waals surface area contributed by atoms with Gasteiger partial charge in [0, 0.05) is 12.1 Å². The molecule has 2 amide bonds. The van der Waals surface area contributed by atoms with E-state index < -0.39 is 5.56 Å². The summed E-state index contributed by atoms with van der Waals surface area (Å²) in [5.74, 6) is 0.0153. The van der Waals surface area contributed by atoms with E-state index in [4.69, 9.17) is 9.68 Å². The number of aryl methyl sites for hydroxylation is 1. The molecule has 8 heteroatoms. The number of pyridine rings is 1. The Balaban J connectivity index is 1.83. The number of carbonyl (C=O) groups is 2. The van der Waals surface area contributed by atoms with Crippen LogP contribution in [-0.4, -0.2) is 23.3 Å².